The van der Waals surface area contributed by atoms with Crippen LogP contribution in [0.3, 0.4) is 0 Å². The van der Waals surface area contributed by atoms with E-state index in [0.29, 0.717) is 19.3 Å². The van der Waals surface area contributed by atoms with Crippen molar-refractivity contribution in [2.45, 2.75) is 290 Å². The fraction of sp³-hybridized carbons (Fsp3) is 0.839. The lowest BCUT2D eigenvalue weighted by Crippen LogP contribution is -2.30. The van der Waals surface area contributed by atoms with Gasteiger partial charge in [0.25, 0.3) is 0 Å². The predicted molar refractivity (Wildman–Crippen MR) is 266 cm³/mol. The average molecular weight is 871 g/mol. The first kappa shape index (κ1) is 59.6. The number of ether oxygens (including phenoxy) is 3. The van der Waals surface area contributed by atoms with E-state index in [-0.39, 0.29) is 31.1 Å². The molecule has 0 aliphatic rings. The number of esters is 3. The standard InChI is InChI=1S/C56H102O6/c1-4-7-10-13-16-19-22-24-26-27-28-29-30-32-34-37-40-43-46-49-55(58)61-52-53(51-60-54(57)48-45-42-39-36-33-21-18-15-12-9-6-3)62-56(59)50-47-44-41-38-35-31-25-23-20-17-14-11-8-5-2/h8,11,15,17-18,20,53H,4-7,9-10,12-14,16,19,21-52H2,1-3H3/b11-8-,18-15-,20-17-. The van der Waals surface area contributed by atoms with Crippen molar-refractivity contribution in [1.29, 1.82) is 0 Å². The van der Waals surface area contributed by atoms with E-state index >= 15 is 0 Å². The molecule has 0 rings (SSSR count). The Hall–Kier alpha value is -2.37. The molecule has 0 bridgehead atoms. The number of hydrogen-bond acceptors (Lipinski definition) is 6. The SMILES string of the molecule is CC/C=C\C/C=C\CCCCCCCCCC(=O)OC(COC(=O)CCCCCCC/C=C\CCCC)COC(=O)CCCCCCCCCCCCCCCCCCCCC. The zero-order valence-electron chi connectivity index (χ0n) is 41.4. The zero-order valence-corrected chi connectivity index (χ0v) is 41.4. The van der Waals surface area contributed by atoms with E-state index in [2.05, 4.69) is 57.2 Å². The normalized spacial score (nSPS) is 12.2. The molecule has 0 fully saturated rings. The molecule has 0 saturated heterocycles. The Labute approximate surface area is 385 Å². The Kier molecular flexibility index (Phi) is 49.3. The zero-order chi connectivity index (χ0) is 45.1. The number of carbonyl (C=O) groups is 3. The first-order valence-corrected chi connectivity index (χ1v) is 27.0. The summed E-state index contributed by atoms with van der Waals surface area (Å²) in [4.78, 5) is 38.0. The summed E-state index contributed by atoms with van der Waals surface area (Å²) in [6, 6.07) is 0. The van der Waals surface area contributed by atoms with Gasteiger partial charge in [-0.25, -0.2) is 0 Å². The van der Waals surface area contributed by atoms with Gasteiger partial charge in [-0.15, -0.1) is 0 Å². The summed E-state index contributed by atoms with van der Waals surface area (Å²) < 4.78 is 16.8. The average Bonchev–Trinajstić information content (AvgIpc) is 3.27. The van der Waals surface area contributed by atoms with E-state index in [1.807, 2.05) is 0 Å². The van der Waals surface area contributed by atoms with E-state index < -0.39 is 6.10 Å². The molecule has 1 unspecified atom stereocenters. The van der Waals surface area contributed by atoms with Crippen molar-refractivity contribution in [3.05, 3.63) is 36.5 Å². The lowest BCUT2D eigenvalue weighted by atomic mass is 10.0. The number of carbonyl (C=O) groups excluding carboxylic acids is 3. The molecule has 6 nitrogen and oxygen atoms in total. The van der Waals surface area contributed by atoms with E-state index in [0.717, 1.165) is 83.5 Å². The lowest BCUT2D eigenvalue weighted by molar-refractivity contribution is -0.167. The molecule has 0 radical (unpaired) electrons. The summed E-state index contributed by atoms with van der Waals surface area (Å²) in [7, 11) is 0. The van der Waals surface area contributed by atoms with Crippen LogP contribution in [-0.4, -0.2) is 37.2 Å². The summed E-state index contributed by atoms with van der Waals surface area (Å²) in [5.74, 6) is -0.881. The first-order chi connectivity index (χ1) is 30.5. The van der Waals surface area contributed by atoms with Gasteiger partial charge in [0.05, 0.1) is 0 Å². The molecule has 0 aromatic rings. The minimum atomic E-state index is -0.775. The highest BCUT2D eigenvalue weighted by atomic mass is 16.6. The highest BCUT2D eigenvalue weighted by Crippen LogP contribution is 2.16. The highest BCUT2D eigenvalue weighted by molar-refractivity contribution is 5.71. The predicted octanol–water partition coefficient (Wildman–Crippen LogP) is 17.7. The van der Waals surface area contributed by atoms with Crippen molar-refractivity contribution in [2.24, 2.45) is 0 Å². The van der Waals surface area contributed by atoms with E-state index in [1.165, 1.54) is 161 Å². The van der Waals surface area contributed by atoms with Crippen LogP contribution in [0.5, 0.6) is 0 Å². The van der Waals surface area contributed by atoms with Crippen molar-refractivity contribution in [1.82, 2.24) is 0 Å². The van der Waals surface area contributed by atoms with E-state index in [9.17, 15) is 14.4 Å². The molecule has 6 heteroatoms. The quantitative estimate of drug-likeness (QED) is 0.0262. The van der Waals surface area contributed by atoms with Gasteiger partial charge >= 0.3 is 17.9 Å². The van der Waals surface area contributed by atoms with Gasteiger partial charge in [-0.1, -0.05) is 237 Å². The van der Waals surface area contributed by atoms with Gasteiger partial charge in [-0.2, -0.15) is 0 Å². The Balaban J connectivity index is 4.29. The molecule has 1 atom stereocenters. The summed E-state index contributed by atoms with van der Waals surface area (Å²) in [5.41, 5.74) is 0. The molecule has 362 valence electrons. The Morgan fingerprint density at radius 2 is 0.645 bits per heavy atom. The minimum absolute atomic E-state index is 0.0749. The van der Waals surface area contributed by atoms with Gasteiger partial charge in [-0.3, -0.25) is 14.4 Å². The molecular weight excluding hydrogens is 769 g/mol. The second kappa shape index (κ2) is 51.3. The molecule has 0 heterocycles. The van der Waals surface area contributed by atoms with Gasteiger partial charge < -0.3 is 14.2 Å². The second-order valence-electron chi connectivity index (χ2n) is 18.1. The second-order valence-corrected chi connectivity index (χ2v) is 18.1. The van der Waals surface area contributed by atoms with Crippen LogP contribution in [0, 0.1) is 0 Å². The van der Waals surface area contributed by atoms with Crippen LogP contribution in [0.1, 0.15) is 284 Å². The van der Waals surface area contributed by atoms with Crippen LogP contribution in [0.25, 0.3) is 0 Å². The summed E-state index contributed by atoms with van der Waals surface area (Å²) in [6.07, 6.45) is 59.9. The molecule has 0 aliphatic heterocycles. The van der Waals surface area contributed by atoms with Crippen molar-refractivity contribution in [3.8, 4) is 0 Å². The number of hydrogen-bond donors (Lipinski definition) is 0. The Bertz CT molecular complexity index is 1050. The number of allylic oxidation sites excluding steroid dienone is 6. The Morgan fingerprint density at radius 1 is 0.339 bits per heavy atom. The van der Waals surface area contributed by atoms with Crippen LogP contribution in [0.15, 0.2) is 36.5 Å². The summed E-state index contributed by atoms with van der Waals surface area (Å²) in [6.45, 7) is 6.51. The molecule has 0 amide bonds. The van der Waals surface area contributed by atoms with Crippen molar-refractivity contribution < 1.29 is 28.6 Å². The van der Waals surface area contributed by atoms with Crippen LogP contribution < -0.4 is 0 Å². The molecule has 0 N–H and O–H groups in total. The largest absolute Gasteiger partial charge is 0.462 e. The molecule has 0 spiro atoms. The lowest BCUT2D eigenvalue weighted by Gasteiger charge is -2.18. The van der Waals surface area contributed by atoms with Crippen LogP contribution in [0.4, 0.5) is 0 Å². The highest BCUT2D eigenvalue weighted by Gasteiger charge is 2.19. The monoisotopic (exact) mass is 871 g/mol. The smallest absolute Gasteiger partial charge is 0.306 e. The van der Waals surface area contributed by atoms with Crippen molar-refractivity contribution in [3.63, 3.8) is 0 Å². The van der Waals surface area contributed by atoms with Gasteiger partial charge in [0, 0.05) is 19.3 Å². The van der Waals surface area contributed by atoms with Crippen LogP contribution in [-0.2, 0) is 28.6 Å². The first-order valence-electron chi connectivity index (χ1n) is 27.0. The van der Waals surface area contributed by atoms with Gasteiger partial charge in [0.15, 0.2) is 6.10 Å². The van der Waals surface area contributed by atoms with Crippen LogP contribution in [0.2, 0.25) is 0 Å². The van der Waals surface area contributed by atoms with Gasteiger partial charge in [-0.05, 0) is 64.2 Å². The number of unbranched alkanes of at least 4 members (excludes halogenated alkanes) is 32. The topological polar surface area (TPSA) is 78.9 Å². The molecule has 0 aromatic carbocycles. The third kappa shape index (κ3) is 48.7. The molecule has 0 aliphatic carbocycles. The van der Waals surface area contributed by atoms with Gasteiger partial charge in [0.2, 0.25) is 0 Å². The summed E-state index contributed by atoms with van der Waals surface area (Å²) in [5, 5.41) is 0. The maximum absolute atomic E-state index is 12.8. The fourth-order valence-corrected chi connectivity index (χ4v) is 7.82. The maximum Gasteiger partial charge on any atom is 0.306 e. The maximum atomic E-state index is 12.8. The third-order valence-corrected chi connectivity index (χ3v) is 11.9. The molecular formula is C56H102O6. The van der Waals surface area contributed by atoms with Gasteiger partial charge in [0.1, 0.15) is 13.2 Å². The van der Waals surface area contributed by atoms with Crippen molar-refractivity contribution in [2.75, 3.05) is 13.2 Å². The van der Waals surface area contributed by atoms with E-state index in [4.69, 9.17) is 14.2 Å². The minimum Gasteiger partial charge on any atom is -0.462 e. The summed E-state index contributed by atoms with van der Waals surface area (Å²) >= 11 is 0. The van der Waals surface area contributed by atoms with Crippen LogP contribution >= 0.6 is 0 Å². The van der Waals surface area contributed by atoms with E-state index in [1.54, 1.807) is 0 Å². The molecule has 62 heavy (non-hydrogen) atoms. The Morgan fingerprint density at radius 3 is 1.03 bits per heavy atom. The van der Waals surface area contributed by atoms with Crippen molar-refractivity contribution >= 4 is 17.9 Å². The molecule has 0 aromatic heterocycles. The number of rotatable bonds is 49. The fourth-order valence-electron chi connectivity index (χ4n) is 7.82. The third-order valence-electron chi connectivity index (χ3n) is 11.9. The molecule has 0 saturated carbocycles.